The summed E-state index contributed by atoms with van der Waals surface area (Å²) in [6.07, 6.45) is 0.177. The third kappa shape index (κ3) is 4.51. The maximum Gasteiger partial charge on any atom is 0.328 e. The van der Waals surface area contributed by atoms with Gasteiger partial charge in [0.15, 0.2) is 0 Å². The number of nitrogens with one attached hydrogen (secondary N) is 1. The number of esters is 1. The minimum atomic E-state index is -0.831. The van der Waals surface area contributed by atoms with E-state index in [4.69, 9.17) is 0 Å². The van der Waals surface area contributed by atoms with Gasteiger partial charge in [-0.1, -0.05) is 26.3 Å². The normalized spacial score (nSPS) is 13.4. The molecule has 0 heterocycles. The molecule has 0 aromatic heterocycles. The average molecular weight is 299 g/mol. The molecule has 6 heteroatoms. The fourth-order valence-corrected chi connectivity index (χ4v) is 1.88. The highest BCUT2D eigenvalue weighted by molar-refractivity contribution is 5.85. The van der Waals surface area contributed by atoms with Gasteiger partial charge in [-0.3, -0.25) is 4.79 Å². The number of ether oxygens (including phenoxy) is 1. The van der Waals surface area contributed by atoms with E-state index in [1.54, 1.807) is 6.92 Å². The molecule has 0 spiro atoms. The van der Waals surface area contributed by atoms with Gasteiger partial charge in [-0.05, 0) is 18.1 Å². The van der Waals surface area contributed by atoms with Gasteiger partial charge in [0.25, 0.3) is 0 Å². The van der Waals surface area contributed by atoms with Crippen molar-refractivity contribution in [1.82, 2.24) is 5.32 Å². The van der Waals surface area contributed by atoms with E-state index in [9.17, 15) is 18.4 Å². The van der Waals surface area contributed by atoms with Crippen LogP contribution in [0.3, 0.4) is 0 Å². The zero-order valence-electron chi connectivity index (χ0n) is 12.3. The molecular weight excluding hydrogens is 280 g/mol. The van der Waals surface area contributed by atoms with Gasteiger partial charge in [0, 0.05) is 5.56 Å². The monoisotopic (exact) mass is 299 g/mol. The summed E-state index contributed by atoms with van der Waals surface area (Å²) in [5.74, 6) is -2.93. The van der Waals surface area contributed by atoms with Gasteiger partial charge >= 0.3 is 5.97 Å². The zero-order valence-corrected chi connectivity index (χ0v) is 12.3. The van der Waals surface area contributed by atoms with Gasteiger partial charge in [-0.2, -0.15) is 0 Å². The molecule has 116 valence electrons. The van der Waals surface area contributed by atoms with Crippen LogP contribution >= 0.6 is 0 Å². The highest BCUT2D eigenvalue weighted by Gasteiger charge is 2.27. The second-order valence-electron chi connectivity index (χ2n) is 4.83. The fraction of sp³-hybridized carbons (Fsp3) is 0.467. The minimum absolute atomic E-state index is 0.146. The van der Waals surface area contributed by atoms with E-state index in [0.29, 0.717) is 6.42 Å². The quantitative estimate of drug-likeness (QED) is 0.819. The Kier molecular flexibility index (Phi) is 6.27. The van der Waals surface area contributed by atoms with Crippen molar-refractivity contribution in [2.75, 3.05) is 7.11 Å². The molecule has 0 fully saturated rings. The number of rotatable bonds is 6. The number of carbonyl (C=O) groups is 2. The molecule has 0 saturated carbocycles. The molecule has 1 amide bonds. The molecule has 1 N–H and O–H groups in total. The minimum Gasteiger partial charge on any atom is -0.467 e. The number of hydrogen-bond donors (Lipinski definition) is 1. The number of amides is 1. The molecule has 21 heavy (non-hydrogen) atoms. The van der Waals surface area contributed by atoms with Gasteiger partial charge < -0.3 is 10.1 Å². The standard InChI is InChI=1S/C15H19F2NO3/c1-4-9(2)14(15(20)21-3)18-13(19)8-10-11(16)6-5-7-12(10)17/h5-7,9,14H,4,8H2,1-3H3,(H,18,19)/t9-,14-/m0/s1. The zero-order chi connectivity index (χ0) is 16.0. The van der Waals surface area contributed by atoms with Crippen molar-refractivity contribution in [3.05, 3.63) is 35.4 Å². The molecule has 0 aliphatic rings. The second kappa shape index (κ2) is 7.71. The maximum atomic E-state index is 13.5. The first-order valence-corrected chi connectivity index (χ1v) is 6.70. The van der Waals surface area contributed by atoms with E-state index in [0.717, 1.165) is 12.1 Å². The van der Waals surface area contributed by atoms with Crippen LogP contribution in [0, 0.1) is 17.6 Å². The Labute approximate surface area is 122 Å². The molecule has 0 bridgehead atoms. The Morgan fingerprint density at radius 1 is 1.29 bits per heavy atom. The molecule has 0 aliphatic carbocycles. The van der Waals surface area contributed by atoms with Crippen LogP contribution in [0.2, 0.25) is 0 Å². The van der Waals surface area contributed by atoms with Gasteiger partial charge in [-0.25, -0.2) is 13.6 Å². The molecule has 2 atom stereocenters. The van der Waals surface area contributed by atoms with E-state index < -0.39 is 36.0 Å². The first-order chi connectivity index (χ1) is 9.90. The van der Waals surface area contributed by atoms with Crippen molar-refractivity contribution < 1.29 is 23.1 Å². The van der Waals surface area contributed by atoms with Gasteiger partial charge in [0.05, 0.1) is 13.5 Å². The van der Waals surface area contributed by atoms with Gasteiger partial charge in [-0.15, -0.1) is 0 Å². The highest BCUT2D eigenvalue weighted by Crippen LogP contribution is 2.14. The molecule has 1 aromatic carbocycles. The average Bonchev–Trinajstić information content (AvgIpc) is 2.47. The third-order valence-corrected chi connectivity index (χ3v) is 3.38. The van der Waals surface area contributed by atoms with E-state index >= 15 is 0 Å². The molecule has 0 aliphatic heterocycles. The predicted octanol–water partition coefficient (Wildman–Crippen LogP) is 2.21. The van der Waals surface area contributed by atoms with Crippen LogP contribution in [-0.2, 0) is 20.7 Å². The van der Waals surface area contributed by atoms with Crippen LogP contribution < -0.4 is 5.32 Å². The van der Waals surface area contributed by atoms with E-state index in [-0.39, 0.29) is 11.5 Å². The Balaban J connectivity index is 2.81. The van der Waals surface area contributed by atoms with Gasteiger partial charge in [0.2, 0.25) is 5.91 Å². The number of halogens is 2. The number of carbonyl (C=O) groups excluding carboxylic acids is 2. The Hall–Kier alpha value is -1.98. The summed E-state index contributed by atoms with van der Waals surface area (Å²) in [4.78, 5) is 23.6. The molecular formula is C15H19F2NO3. The second-order valence-corrected chi connectivity index (χ2v) is 4.83. The Morgan fingerprint density at radius 2 is 1.86 bits per heavy atom. The lowest BCUT2D eigenvalue weighted by Gasteiger charge is -2.21. The largest absolute Gasteiger partial charge is 0.467 e. The number of methoxy groups -OCH3 is 1. The summed E-state index contributed by atoms with van der Waals surface area (Å²) in [5.41, 5.74) is -0.317. The van der Waals surface area contributed by atoms with Crippen molar-refractivity contribution in [1.29, 1.82) is 0 Å². The lowest BCUT2D eigenvalue weighted by Crippen LogP contribution is -2.46. The molecule has 0 saturated heterocycles. The Morgan fingerprint density at radius 3 is 2.33 bits per heavy atom. The van der Waals surface area contributed by atoms with E-state index in [2.05, 4.69) is 10.1 Å². The molecule has 1 aromatic rings. The van der Waals surface area contributed by atoms with Crippen LogP contribution in [0.5, 0.6) is 0 Å². The summed E-state index contributed by atoms with van der Waals surface area (Å²) in [6, 6.07) is 2.56. The van der Waals surface area contributed by atoms with Crippen molar-refractivity contribution in [3.8, 4) is 0 Å². The molecule has 4 nitrogen and oxygen atoms in total. The summed E-state index contributed by atoms with van der Waals surface area (Å²) >= 11 is 0. The summed E-state index contributed by atoms with van der Waals surface area (Å²) in [6.45, 7) is 3.65. The van der Waals surface area contributed by atoms with Gasteiger partial charge in [0.1, 0.15) is 17.7 Å². The smallest absolute Gasteiger partial charge is 0.328 e. The van der Waals surface area contributed by atoms with Crippen molar-refractivity contribution in [2.24, 2.45) is 5.92 Å². The first-order valence-electron chi connectivity index (χ1n) is 6.70. The van der Waals surface area contributed by atoms with Crippen molar-refractivity contribution in [2.45, 2.75) is 32.7 Å². The van der Waals surface area contributed by atoms with Crippen LogP contribution in [0.1, 0.15) is 25.8 Å². The summed E-state index contributed by atoms with van der Waals surface area (Å²) < 4.78 is 31.6. The SMILES string of the molecule is CC[C@H](C)[C@H](NC(=O)Cc1c(F)cccc1F)C(=O)OC. The van der Waals surface area contributed by atoms with Crippen LogP contribution in [0.4, 0.5) is 8.78 Å². The van der Waals surface area contributed by atoms with E-state index in [1.807, 2.05) is 6.92 Å². The van der Waals surface area contributed by atoms with Crippen molar-refractivity contribution >= 4 is 11.9 Å². The lowest BCUT2D eigenvalue weighted by atomic mass is 9.98. The maximum absolute atomic E-state index is 13.5. The topological polar surface area (TPSA) is 55.4 Å². The van der Waals surface area contributed by atoms with Crippen LogP contribution in [-0.4, -0.2) is 25.0 Å². The lowest BCUT2D eigenvalue weighted by molar-refractivity contribution is -0.146. The molecule has 0 radical (unpaired) electrons. The highest BCUT2D eigenvalue weighted by atomic mass is 19.1. The number of hydrogen-bond acceptors (Lipinski definition) is 3. The van der Waals surface area contributed by atoms with Crippen molar-refractivity contribution in [3.63, 3.8) is 0 Å². The first kappa shape index (κ1) is 17.1. The summed E-state index contributed by atoms with van der Waals surface area (Å²) in [7, 11) is 1.22. The summed E-state index contributed by atoms with van der Waals surface area (Å²) in [5, 5.41) is 2.47. The Bertz CT molecular complexity index is 499. The fourth-order valence-electron chi connectivity index (χ4n) is 1.88. The van der Waals surface area contributed by atoms with Crippen LogP contribution in [0.15, 0.2) is 18.2 Å². The third-order valence-electron chi connectivity index (χ3n) is 3.38. The molecule has 1 rings (SSSR count). The van der Waals surface area contributed by atoms with Crippen LogP contribution in [0.25, 0.3) is 0 Å². The predicted molar refractivity (Wildman–Crippen MR) is 73.5 cm³/mol. The molecule has 0 unspecified atom stereocenters. The number of benzene rings is 1. The van der Waals surface area contributed by atoms with E-state index in [1.165, 1.54) is 13.2 Å².